The zero-order valence-corrected chi connectivity index (χ0v) is 14.2. The van der Waals surface area contributed by atoms with Gasteiger partial charge in [-0.2, -0.15) is 0 Å². The molecule has 0 N–H and O–H groups in total. The van der Waals surface area contributed by atoms with Crippen molar-refractivity contribution < 1.29 is 8.42 Å². The molecule has 1 saturated carbocycles. The first-order chi connectivity index (χ1) is 9.18. The van der Waals surface area contributed by atoms with Crippen molar-refractivity contribution in [1.29, 1.82) is 0 Å². The zero-order valence-electron chi connectivity index (χ0n) is 12.4. The van der Waals surface area contributed by atoms with Crippen LogP contribution in [0.4, 0.5) is 0 Å². The molecule has 0 saturated heterocycles. The Morgan fingerprint density at radius 2 is 1.70 bits per heavy atom. The van der Waals surface area contributed by atoms with Crippen LogP contribution in [0.2, 0.25) is 25.2 Å². The largest absolute Gasteiger partial charge is 0.491 e. The van der Waals surface area contributed by atoms with E-state index in [0.29, 0.717) is 5.54 Å². The number of hydrogen-bond donors (Lipinski definition) is 0. The summed E-state index contributed by atoms with van der Waals surface area (Å²) >= 11 is 0. The highest BCUT2D eigenvalue weighted by atomic mass is 32.2. The standard InChI is InChI=1S/C14H21N2O2SSi/c1-11-5-7-13(8-6-11)19(17,18)16-15-12-9-14(10-12)20(2,3)4/h5-8,14H,9-10H2,1-4H3/q-1. The molecule has 0 aromatic heterocycles. The summed E-state index contributed by atoms with van der Waals surface area (Å²) in [5, 5.41) is 3.94. The smallest absolute Gasteiger partial charge is 0.135 e. The molecule has 1 aromatic carbocycles. The van der Waals surface area contributed by atoms with Gasteiger partial charge in [0.15, 0.2) is 0 Å². The van der Waals surface area contributed by atoms with Gasteiger partial charge in [-0.1, -0.05) is 37.3 Å². The minimum absolute atomic E-state index is 0.202. The van der Waals surface area contributed by atoms with Gasteiger partial charge in [-0.25, -0.2) is 8.42 Å². The lowest BCUT2D eigenvalue weighted by Gasteiger charge is -2.39. The molecule has 0 radical (unpaired) electrons. The van der Waals surface area contributed by atoms with Crippen LogP contribution < -0.4 is 0 Å². The fourth-order valence-electron chi connectivity index (χ4n) is 2.07. The third-order valence-electron chi connectivity index (χ3n) is 3.80. The van der Waals surface area contributed by atoms with Crippen molar-refractivity contribution in [1.82, 2.24) is 0 Å². The van der Waals surface area contributed by atoms with Crippen LogP contribution >= 0.6 is 0 Å². The van der Waals surface area contributed by atoms with E-state index in [4.69, 9.17) is 0 Å². The first kappa shape index (κ1) is 15.2. The molecule has 6 heteroatoms. The summed E-state index contributed by atoms with van der Waals surface area (Å²) in [7, 11) is -4.79. The van der Waals surface area contributed by atoms with Crippen LogP contribution in [0.1, 0.15) is 18.4 Å². The van der Waals surface area contributed by atoms with Crippen LogP contribution in [0.25, 0.3) is 4.83 Å². The van der Waals surface area contributed by atoms with Crippen molar-refractivity contribution in [2.24, 2.45) is 5.10 Å². The topological polar surface area (TPSA) is 60.6 Å². The molecule has 1 aromatic rings. The van der Waals surface area contributed by atoms with E-state index in [9.17, 15) is 8.42 Å². The second-order valence-electron chi connectivity index (χ2n) is 6.51. The quantitative estimate of drug-likeness (QED) is 0.625. The number of benzene rings is 1. The van der Waals surface area contributed by atoms with Crippen LogP contribution in [0.5, 0.6) is 0 Å². The number of aryl methyl sites for hydroxylation is 1. The summed E-state index contributed by atoms with van der Waals surface area (Å²) in [5.41, 5.74) is 2.64. The Kier molecular flexibility index (Phi) is 4.06. The summed E-state index contributed by atoms with van der Waals surface area (Å²) in [6.07, 6.45) is 1.81. The molecule has 4 nitrogen and oxygen atoms in total. The lowest BCUT2D eigenvalue weighted by atomic mass is 9.96. The highest BCUT2D eigenvalue weighted by Gasteiger charge is 2.34. The molecule has 1 aliphatic carbocycles. The van der Waals surface area contributed by atoms with Crippen LogP contribution in [0, 0.1) is 6.92 Å². The average molecular weight is 309 g/mol. The second kappa shape index (κ2) is 5.33. The molecule has 0 heterocycles. The first-order valence-electron chi connectivity index (χ1n) is 6.78. The normalized spacial score (nSPS) is 19.4. The monoisotopic (exact) mass is 309 g/mol. The van der Waals surface area contributed by atoms with Gasteiger partial charge in [0.05, 0.1) is 4.90 Å². The maximum Gasteiger partial charge on any atom is 0.135 e. The highest BCUT2D eigenvalue weighted by molar-refractivity contribution is 7.93. The zero-order chi connectivity index (χ0) is 15.0. The second-order valence-corrected chi connectivity index (χ2v) is 13.6. The summed E-state index contributed by atoms with van der Waals surface area (Å²) in [6, 6.07) is 6.67. The van der Waals surface area contributed by atoms with Crippen LogP contribution in [0.3, 0.4) is 0 Å². The van der Waals surface area contributed by atoms with E-state index >= 15 is 0 Å². The number of hydrogen-bond acceptors (Lipinski definition) is 3. The predicted molar refractivity (Wildman–Crippen MR) is 85.5 cm³/mol. The highest BCUT2D eigenvalue weighted by Crippen LogP contribution is 2.39. The van der Waals surface area contributed by atoms with E-state index in [1.807, 2.05) is 6.92 Å². The summed E-state index contributed by atoms with van der Waals surface area (Å²) in [6.45, 7) is 8.90. The van der Waals surface area contributed by atoms with Gasteiger partial charge >= 0.3 is 0 Å². The van der Waals surface area contributed by atoms with Gasteiger partial charge in [-0.05, 0) is 43.2 Å². The van der Waals surface area contributed by atoms with E-state index in [2.05, 4.69) is 29.6 Å². The molecular formula is C14H21N2O2SSi-. The van der Waals surface area contributed by atoms with E-state index in [0.717, 1.165) is 24.1 Å². The van der Waals surface area contributed by atoms with Gasteiger partial charge in [0, 0.05) is 8.07 Å². The van der Waals surface area contributed by atoms with Crippen molar-refractivity contribution in [3.63, 3.8) is 0 Å². The van der Waals surface area contributed by atoms with Gasteiger partial charge in [0.1, 0.15) is 10.0 Å². The molecule has 0 amide bonds. The van der Waals surface area contributed by atoms with E-state index < -0.39 is 18.1 Å². The van der Waals surface area contributed by atoms with Gasteiger partial charge in [-0.3, -0.25) is 0 Å². The number of rotatable bonds is 4. The van der Waals surface area contributed by atoms with Crippen molar-refractivity contribution in [3.8, 4) is 0 Å². The van der Waals surface area contributed by atoms with E-state index in [1.54, 1.807) is 24.3 Å². The van der Waals surface area contributed by atoms with Crippen molar-refractivity contribution in [3.05, 3.63) is 34.7 Å². The molecule has 0 spiro atoms. The molecule has 20 heavy (non-hydrogen) atoms. The maximum absolute atomic E-state index is 12.0. The van der Waals surface area contributed by atoms with E-state index in [1.165, 1.54) is 0 Å². The molecule has 0 bridgehead atoms. The Morgan fingerprint density at radius 1 is 1.15 bits per heavy atom. The first-order valence-corrected chi connectivity index (χ1v) is 11.8. The third kappa shape index (κ3) is 3.49. The summed E-state index contributed by atoms with van der Waals surface area (Å²) < 4.78 is 24.0. The van der Waals surface area contributed by atoms with Gasteiger partial charge in [0.25, 0.3) is 0 Å². The van der Waals surface area contributed by atoms with Gasteiger partial charge < -0.3 is 9.93 Å². The van der Waals surface area contributed by atoms with E-state index in [-0.39, 0.29) is 4.90 Å². The van der Waals surface area contributed by atoms with Crippen LogP contribution in [-0.4, -0.2) is 22.2 Å². The fourth-order valence-corrected chi connectivity index (χ4v) is 4.57. The Balaban J connectivity index is 1.99. The number of sulfonamides is 1. The lowest BCUT2D eigenvalue weighted by Crippen LogP contribution is -2.37. The maximum atomic E-state index is 12.0. The summed E-state index contributed by atoms with van der Waals surface area (Å²) in [4.78, 5) is 3.77. The van der Waals surface area contributed by atoms with Crippen molar-refractivity contribution >= 4 is 23.8 Å². The fraction of sp³-hybridized carbons (Fsp3) is 0.500. The van der Waals surface area contributed by atoms with Crippen molar-refractivity contribution in [2.45, 2.75) is 49.8 Å². The Bertz CT molecular complexity index is 608. The third-order valence-corrected chi connectivity index (χ3v) is 7.82. The van der Waals surface area contributed by atoms with Crippen LogP contribution in [0.15, 0.2) is 34.3 Å². The van der Waals surface area contributed by atoms with Gasteiger partial charge in [-0.15, -0.1) is 0 Å². The minimum atomic E-state index is -3.65. The Morgan fingerprint density at radius 3 is 2.20 bits per heavy atom. The van der Waals surface area contributed by atoms with Gasteiger partial charge in [0.2, 0.25) is 0 Å². The lowest BCUT2D eigenvalue weighted by molar-refractivity contribution is 0.601. The molecule has 2 rings (SSSR count). The molecule has 0 aliphatic heterocycles. The molecule has 110 valence electrons. The predicted octanol–water partition coefficient (Wildman–Crippen LogP) is 3.92. The molecule has 1 fully saturated rings. The molecular weight excluding hydrogens is 288 g/mol. The molecule has 1 aliphatic rings. The average Bonchev–Trinajstić information content (AvgIpc) is 2.25. The summed E-state index contributed by atoms with van der Waals surface area (Å²) in [5.74, 6) is 0. The van der Waals surface area contributed by atoms with Crippen LogP contribution in [-0.2, 0) is 10.0 Å². The Hall–Kier alpha value is -1.14. The SMILES string of the molecule is Cc1ccc(S(=O)(=O)[N-]N=C2CC([Si](C)(C)C)C2)cc1. The molecule has 0 unspecified atom stereocenters. The minimum Gasteiger partial charge on any atom is -0.491 e. The van der Waals surface area contributed by atoms with Crippen molar-refractivity contribution in [2.75, 3.05) is 0 Å². The molecule has 0 atom stereocenters. The number of nitrogens with zero attached hydrogens (tertiary/aromatic N) is 2. The Labute approximate surface area is 122 Å².